The van der Waals surface area contributed by atoms with Crippen molar-refractivity contribution in [1.82, 2.24) is 0 Å². The van der Waals surface area contributed by atoms with Gasteiger partial charge in [-0.2, -0.15) is 13.2 Å². The Kier molecular flexibility index (Phi) is 3.95. The molecular weight excluding hydrogens is 289 g/mol. The minimum Gasteiger partial charge on any atom is -0.497 e. The molecule has 0 aliphatic carbocycles. The van der Waals surface area contributed by atoms with Gasteiger partial charge in [-0.1, -0.05) is 54.1 Å². The van der Waals surface area contributed by atoms with E-state index in [-0.39, 0.29) is 11.1 Å². The van der Waals surface area contributed by atoms with Crippen molar-refractivity contribution in [2.45, 2.75) is 11.1 Å². The minimum atomic E-state index is -4.62. The van der Waals surface area contributed by atoms with Crippen molar-refractivity contribution >= 4 is 11.6 Å². The fourth-order valence-corrected chi connectivity index (χ4v) is 2.23. The van der Waals surface area contributed by atoms with Crippen molar-refractivity contribution in [2.24, 2.45) is 0 Å². The first-order valence-electron chi connectivity index (χ1n) is 5.85. The normalized spacial score (nSPS) is 14.7. The average Bonchev–Trinajstić information content (AvgIpc) is 2.46. The Balaban J connectivity index is 2.58. The van der Waals surface area contributed by atoms with E-state index in [0.717, 1.165) is 0 Å². The molecule has 0 fully saturated rings. The van der Waals surface area contributed by atoms with E-state index >= 15 is 0 Å². The van der Waals surface area contributed by atoms with E-state index < -0.39 is 11.1 Å². The zero-order valence-corrected chi connectivity index (χ0v) is 11.4. The first-order chi connectivity index (χ1) is 9.39. The van der Waals surface area contributed by atoms with Gasteiger partial charge in [0.1, 0.15) is 5.75 Å². The maximum Gasteiger partial charge on any atom is 0.415 e. The van der Waals surface area contributed by atoms with Gasteiger partial charge in [-0.25, -0.2) is 0 Å². The van der Waals surface area contributed by atoms with Gasteiger partial charge in [0.15, 0.2) is 4.87 Å². The lowest BCUT2D eigenvalue weighted by Gasteiger charge is -2.30. The molecule has 1 nitrogen and oxygen atoms in total. The lowest BCUT2D eigenvalue weighted by atomic mass is 9.89. The summed E-state index contributed by atoms with van der Waals surface area (Å²) in [4.78, 5) is -2.57. The molecule has 0 radical (unpaired) electrons. The number of halogens is 4. The van der Waals surface area contributed by atoms with Crippen LogP contribution in [0.25, 0.3) is 0 Å². The summed E-state index contributed by atoms with van der Waals surface area (Å²) in [5, 5.41) is 0. The monoisotopic (exact) mass is 300 g/mol. The van der Waals surface area contributed by atoms with Crippen molar-refractivity contribution in [3.05, 3.63) is 65.7 Å². The average molecular weight is 301 g/mol. The number of alkyl halides is 4. The van der Waals surface area contributed by atoms with Crippen molar-refractivity contribution in [3.8, 4) is 5.75 Å². The van der Waals surface area contributed by atoms with Gasteiger partial charge in [-0.15, -0.1) is 0 Å². The highest BCUT2D eigenvalue weighted by atomic mass is 35.5. The third kappa shape index (κ3) is 2.48. The van der Waals surface area contributed by atoms with Crippen LogP contribution in [0.5, 0.6) is 5.75 Å². The predicted octanol–water partition coefficient (Wildman–Crippen LogP) is 4.74. The van der Waals surface area contributed by atoms with Crippen LogP contribution in [0.4, 0.5) is 13.2 Å². The number of hydrogen-bond acceptors (Lipinski definition) is 1. The summed E-state index contributed by atoms with van der Waals surface area (Å²) in [6.07, 6.45) is -4.62. The second-order valence-corrected chi connectivity index (χ2v) is 4.82. The van der Waals surface area contributed by atoms with Crippen LogP contribution in [0.3, 0.4) is 0 Å². The van der Waals surface area contributed by atoms with Crippen LogP contribution in [-0.4, -0.2) is 13.3 Å². The summed E-state index contributed by atoms with van der Waals surface area (Å²) in [5.74, 6) is 0.475. The fourth-order valence-electron chi connectivity index (χ4n) is 1.98. The number of methoxy groups -OCH3 is 1. The molecular formula is C15H12ClF3O. The number of hydrogen-bond donors (Lipinski definition) is 0. The number of benzene rings is 2. The first kappa shape index (κ1) is 14.7. The molecule has 0 saturated heterocycles. The summed E-state index contributed by atoms with van der Waals surface area (Å²) in [6.45, 7) is 0. The van der Waals surface area contributed by atoms with Crippen LogP contribution in [0.15, 0.2) is 54.6 Å². The first-order valence-corrected chi connectivity index (χ1v) is 6.23. The van der Waals surface area contributed by atoms with Crippen LogP contribution in [0, 0.1) is 0 Å². The molecule has 0 spiro atoms. The van der Waals surface area contributed by atoms with Crippen molar-refractivity contribution in [2.75, 3.05) is 7.11 Å². The van der Waals surface area contributed by atoms with Gasteiger partial charge < -0.3 is 4.74 Å². The van der Waals surface area contributed by atoms with Gasteiger partial charge >= 0.3 is 6.18 Å². The zero-order valence-electron chi connectivity index (χ0n) is 10.6. The third-order valence-corrected chi connectivity index (χ3v) is 3.70. The molecule has 5 heteroatoms. The van der Waals surface area contributed by atoms with E-state index in [1.165, 1.54) is 55.6 Å². The van der Waals surface area contributed by atoms with Gasteiger partial charge in [0, 0.05) is 0 Å². The molecule has 0 aromatic heterocycles. The molecule has 106 valence electrons. The Labute approximate surface area is 119 Å². The predicted molar refractivity (Wildman–Crippen MR) is 72.1 cm³/mol. The van der Waals surface area contributed by atoms with Gasteiger partial charge in [-0.05, 0) is 23.3 Å². The molecule has 1 atom stereocenters. The van der Waals surface area contributed by atoms with Crippen LogP contribution in [0.1, 0.15) is 11.1 Å². The second-order valence-electron chi connectivity index (χ2n) is 4.25. The standard InChI is InChI=1S/C15H12ClF3O/c1-20-13-9-7-12(8-10-13)14(16,15(17,18)19)11-5-3-2-4-6-11/h2-10H,1H3. The summed E-state index contributed by atoms with van der Waals surface area (Å²) in [6, 6.07) is 13.0. The van der Waals surface area contributed by atoms with Crippen LogP contribution in [0.2, 0.25) is 0 Å². The van der Waals surface area contributed by atoms with Crippen LogP contribution in [-0.2, 0) is 4.87 Å². The summed E-state index contributed by atoms with van der Waals surface area (Å²) < 4.78 is 45.4. The molecule has 0 aliphatic rings. The highest BCUT2D eigenvalue weighted by Crippen LogP contribution is 2.49. The molecule has 1 unspecified atom stereocenters. The maximum atomic E-state index is 13.5. The molecule has 2 aromatic carbocycles. The molecule has 2 aromatic rings. The maximum absolute atomic E-state index is 13.5. The van der Waals surface area contributed by atoms with E-state index in [2.05, 4.69) is 0 Å². The van der Waals surface area contributed by atoms with Gasteiger partial charge in [-0.3, -0.25) is 0 Å². The van der Waals surface area contributed by atoms with E-state index in [1.54, 1.807) is 6.07 Å². The second kappa shape index (κ2) is 5.37. The molecule has 0 amide bonds. The van der Waals surface area contributed by atoms with E-state index in [9.17, 15) is 13.2 Å². The molecule has 0 N–H and O–H groups in total. The molecule has 2 rings (SSSR count). The van der Waals surface area contributed by atoms with Gasteiger partial charge in [0.2, 0.25) is 0 Å². The summed E-state index contributed by atoms with van der Waals surface area (Å²) >= 11 is 6.00. The van der Waals surface area contributed by atoms with Crippen LogP contribution < -0.4 is 4.74 Å². The third-order valence-electron chi connectivity index (χ3n) is 3.05. The van der Waals surface area contributed by atoms with Crippen molar-refractivity contribution in [3.63, 3.8) is 0 Å². The van der Waals surface area contributed by atoms with Gasteiger partial charge in [0.05, 0.1) is 7.11 Å². The molecule has 0 heterocycles. The lowest BCUT2D eigenvalue weighted by molar-refractivity contribution is -0.154. The summed E-state index contributed by atoms with van der Waals surface area (Å²) in [5.41, 5.74) is -0.0574. The zero-order chi connectivity index (χ0) is 14.8. The smallest absolute Gasteiger partial charge is 0.415 e. The number of ether oxygens (including phenoxy) is 1. The molecule has 0 saturated carbocycles. The highest BCUT2D eigenvalue weighted by Gasteiger charge is 2.56. The van der Waals surface area contributed by atoms with Crippen LogP contribution >= 0.6 is 11.6 Å². The Bertz CT molecular complexity index is 566. The Morgan fingerprint density at radius 1 is 0.850 bits per heavy atom. The van der Waals surface area contributed by atoms with E-state index in [0.29, 0.717) is 5.75 Å². The Morgan fingerprint density at radius 3 is 1.80 bits per heavy atom. The quantitative estimate of drug-likeness (QED) is 0.744. The van der Waals surface area contributed by atoms with Gasteiger partial charge in [0.25, 0.3) is 0 Å². The summed E-state index contributed by atoms with van der Waals surface area (Å²) in [7, 11) is 1.45. The highest BCUT2D eigenvalue weighted by molar-refractivity contribution is 6.26. The topological polar surface area (TPSA) is 9.23 Å². The van der Waals surface area contributed by atoms with E-state index in [1.807, 2.05) is 0 Å². The van der Waals surface area contributed by atoms with E-state index in [4.69, 9.17) is 16.3 Å². The number of rotatable bonds is 3. The van der Waals surface area contributed by atoms with Crippen molar-refractivity contribution in [1.29, 1.82) is 0 Å². The molecule has 0 bridgehead atoms. The lowest BCUT2D eigenvalue weighted by Crippen LogP contribution is -2.38. The molecule has 0 aliphatic heterocycles. The SMILES string of the molecule is COc1ccc(C(Cl)(c2ccccc2)C(F)(F)F)cc1. The van der Waals surface area contributed by atoms with Crippen molar-refractivity contribution < 1.29 is 17.9 Å². The minimum absolute atomic E-state index is 0.0145. The largest absolute Gasteiger partial charge is 0.497 e. The fraction of sp³-hybridized carbons (Fsp3) is 0.200. The molecule has 20 heavy (non-hydrogen) atoms. The Morgan fingerprint density at radius 2 is 1.35 bits per heavy atom. The Hall–Kier alpha value is -1.68.